The zero-order valence-electron chi connectivity index (χ0n) is 25.7. The third kappa shape index (κ3) is 7.35. The fraction of sp³-hybridized carbons (Fsp3) is 0.343. The van der Waals surface area contributed by atoms with Gasteiger partial charge in [-0.2, -0.15) is 0 Å². The monoisotopic (exact) mass is 588 g/mol. The Kier molecular flexibility index (Phi) is 10.2. The molecule has 0 N–H and O–H groups in total. The van der Waals surface area contributed by atoms with E-state index in [1.54, 1.807) is 41.5 Å². The lowest BCUT2D eigenvalue weighted by atomic mass is 9.85. The van der Waals surface area contributed by atoms with Gasteiger partial charge in [-0.05, 0) is 71.0 Å². The number of benzene rings is 3. The smallest absolute Gasteiger partial charge is 0.318 e. The van der Waals surface area contributed by atoms with Crippen molar-refractivity contribution in [1.29, 1.82) is 0 Å². The van der Waals surface area contributed by atoms with Gasteiger partial charge in [-0.1, -0.05) is 75.4 Å². The normalized spacial score (nSPS) is 13.6. The lowest BCUT2D eigenvalue weighted by Crippen LogP contribution is -2.45. The second-order valence-electron chi connectivity index (χ2n) is 12.3. The van der Waals surface area contributed by atoms with Crippen LogP contribution in [0.5, 0.6) is 0 Å². The predicted octanol–water partition coefficient (Wildman–Crippen LogP) is 5.08. The summed E-state index contributed by atoms with van der Waals surface area (Å²) in [5.41, 5.74) is -1.90. The Hall–Kier alpha value is -3.76. The minimum Gasteiger partial charge on any atom is -0.605 e. The van der Waals surface area contributed by atoms with Crippen molar-refractivity contribution in [3.8, 4) is 0 Å². The minimum atomic E-state index is -3.28. The standard InChI is InChI=1S/C35H41O6P/c1-24(36)29(25(2)37)30(32(38)40-34(3,4)5)31(33(39)41-35(6,7)8)42(26-18-12-9-13-19-26,27-20-14-10-15-21-27)28-22-16-11-17-23-28/h9-23,29-30H,1-8H3/b33-31+. The quantitative estimate of drug-likeness (QED) is 0.142. The minimum absolute atomic E-state index is 0.0469. The summed E-state index contributed by atoms with van der Waals surface area (Å²) in [4.78, 5) is 40.9. The first-order valence-electron chi connectivity index (χ1n) is 14.0. The van der Waals surface area contributed by atoms with Gasteiger partial charge < -0.3 is 14.6 Å². The summed E-state index contributed by atoms with van der Waals surface area (Å²) in [5, 5.41) is 17.1. The van der Waals surface area contributed by atoms with E-state index < -0.39 is 53.8 Å². The molecule has 222 valence electrons. The van der Waals surface area contributed by atoms with Crippen molar-refractivity contribution in [2.45, 2.75) is 66.6 Å². The van der Waals surface area contributed by atoms with E-state index >= 15 is 0 Å². The first-order valence-corrected chi connectivity index (χ1v) is 15.8. The number of esters is 1. The van der Waals surface area contributed by atoms with Gasteiger partial charge in [0.05, 0.1) is 11.9 Å². The van der Waals surface area contributed by atoms with Crippen LogP contribution >= 0.6 is 7.26 Å². The molecule has 0 saturated carbocycles. The molecular weight excluding hydrogens is 547 g/mol. The van der Waals surface area contributed by atoms with Crippen LogP contribution in [0.3, 0.4) is 0 Å². The van der Waals surface area contributed by atoms with E-state index in [-0.39, 0.29) is 5.31 Å². The van der Waals surface area contributed by atoms with Crippen molar-refractivity contribution in [3.05, 3.63) is 102 Å². The van der Waals surface area contributed by atoms with Crippen LogP contribution in [0.4, 0.5) is 0 Å². The first kappa shape index (κ1) is 32.8. The molecule has 6 nitrogen and oxygen atoms in total. The lowest BCUT2D eigenvalue weighted by molar-refractivity contribution is -0.370. The van der Waals surface area contributed by atoms with Crippen LogP contribution in [-0.4, -0.2) is 28.7 Å². The Morgan fingerprint density at radius 3 is 1.21 bits per heavy atom. The Morgan fingerprint density at radius 1 is 0.595 bits per heavy atom. The Balaban J connectivity index is 2.68. The Labute approximate surface area is 250 Å². The van der Waals surface area contributed by atoms with Gasteiger partial charge in [0.1, 0.15) is 51.6 Å². The van der Waals surface area contributed by atoms with E-state index in [0.29, 0.717) is 0 Å². The van der Waals surface area contributed by atoms with Gasteiger partial charge in [0.15, 0.2) is 0 Å². The number of Topliss-reactive ketones (excluding diaryl/α,β-unsaturated/α-hetero) is 2. The van der Waals surface area contributed by atoms with Gasteiger partial charge in [-0.3, -0.25) is 14.4 Å². The fourth-order valence-corrected chi connectivity index (χ4v) is 9.73. The fourth-order valence-electron chi connectivity index (χ4n) is 5.15. The number of ether oxygens (including phenoxy) is 2. The van der Waals surface area contributed by atoms with E-state index in [2.05, 4.69) is 0 Å². The molecule has 0 fully saturated rings. The highest BCUT2D eigenvalue weighted by Crippen LogP contribution is 2.66. The zero-order valence-corrected chi connectivity index (χ0v) is 26.6. The van der Waals surface area contributed by atoms with E-state index in [0.717, 1.165) is 15.9 Å². The molecule has 0 radical (unpaired) electrons. The molecule has 42 heavy (non-hydrogen) atoms. The molecule has 0 heterocycles. The van der Waals surface area contributed by atoms with Crippen molar-refractivity contribution in [2.75, 3.05) is 0 Å². The van der Waals surface area contributed by atoms with Gasteiger partial charge in [-0.25, -0.2) is 0 Å². The maximum atomic E-state index is 14.7. The summed E-state index contributed by atoms with van der Waals surface area (Å²) >= 11 is 0. The number of rotatable bonds is 10. The topological polar surface area (TPSA) is 92.7 Å². The maximum Gasteiger partial charge on any atom is 0.318 e. The average Bonchev–Trinajstić information content (AvgIpc) is 2.89. The van der Waals surface area contributed by atoms with Gasteiger partial charge in [0.2, 0.25) is 0 Å². The summed E-state index contributed by atoms with van der Waals surface area (Å²) in [6.45, 7) is 12.9. The summed E-state index contributed by atoms with van der Waals surface area (Å²) in [6, 6.07) is 28.4. The van der Waals surface area contributed by atoms with Crippen LogP contribution in [0.1, 0.15) is 55.4 Å². The second kappa shape index (κ2) is 13.0. The van der Waals surface area contributed by atoms with Crippen molar-refractivity contribution >= 4 is 40.7 Å². The maximum absolute atomic E-state index is 14.7. The highest BCUT2D eigenvalue weighted by molar-refractivity contribution is 7.99. The number of hydrogen-bond donors (Lipinski definition) is 0. The third-order valence-electron chi connectivity index (χ3n) is 6.56. The Morgan fingerprint density at radius 2 is 0.929 bits per heavy atom. The van der Waals surface area contributed by atoms with Crippen LogP contribution in [0.2, 0.25) is 0 Å². The SMILES string of the molecule is CC(=O)C(C(C)=O)C(C(=O)OC(C)(C)C)/C(=C(/[O-])OC(C)(C)C)[P+](c1ccccc1)(c1ccccc1)c1ccccc1. The van der Waals surface area contributed by atoms with Crippen LogP contribution in [0.15, 0.2) is 102 Å². The van der Waals surface area contributed by atoms with Gasteiger partial charge in [0, 0.05) is 5.60 Å². The molecule has 0 aromatic heterocycles. The van der Waals surface area contributed by atoms with Crippen LogP contribution in [-0.2, 0) is 23.9 Å². The molecule has 0 aliphatic rings. The summed E-state index contributed by atoms with van der Waals surface area (Å²) in [6.07, 6.45) is 0. The summed E-state index contributed by atoms with van der Waals surface area (Å²) in [7, 11) is -3.28. The number of carbonyl (C=O) groups is 3. The predicted molar refractivity (Wildman–Crippen MR) is 167 cm³/mol. The van der Waals surface area contributed by atoms with E-state index in [1.165, 1.54) is 13.8 Å². The molecule has 1 atom stereocenters. The lowest BCUT2D eigenvalue weighted by Gasteiger charge is -2.40. The third-order valence-corrected chi connectivity index (χ3v) is 11.0. The van der Waals surface area contributed by atoms with E-state index in [1.807, 2.05) is 91.0 Å². The van der Waals surface area contributed by atoms with Gasteiger partial charge in [-0.15, -0.1) is 0 Å². The van der Waals surface area contributed by atoms with Gasteiger partial charge in [0.25, 0.3) is 0 Å². The zero-order chi connectivity index (χ0) is 31.3. The first-order chi connectivity index (χ1) is 19.6. The van der Waals surface area contributed by atoms with Gasteiger partial charge >= 0.3 is 5.97 Å². The molecule has 0 aliphatic heterocycles. The molecule has 0 spiro atoms. The average molecular weight is 589 g/mol. The highest BCUT2D eigenvalue weighted by atomic mass is 31.2. The molecule has 3 aromatic rings. The number of ketones is 2. The Bertz CT molecular complexity index is 1310. The molecule has 1 unspecified atom stereocenters. The van der Waals surface area contributed by atoms with E-state index in [4.69, 9.17) is 9.47 Å². The molecular formula is C35H41O6P. The molecule has 0 amide bonds. The van der Waals surface area contributed by atoms with Crippen molar-refractivity contribution in [2.24, 2.45) is 11.8 Å². The summed E-state index contributed by atoms with van der Waals surface area (Å²) in [5.74, 6) is -5.65. The number of carbonyl (C=O) groups excluding carboxylic acids is 3. The molecule has 0 bridgehead atoms. The van der Waals surface area contributed by atoms with Crippen molar-refractivity contribution in [1.82, 2.24) is 0 Å². The van der Waals surface area contributed by atoms with Crippen LogP contribution < -0.4 is 21.0 Å². The molecule has 3 aromatic carbocycles. The number of hydrogen-bond acceptors (Lipinski definition) is 6. The van der Waals surface area contributed by atoms with Crippen LogP contribution in [0, 0.1) is 11.8 Å². The van der Waals surface area contributed by atoms with Crippen molar-refractivity contribution < 1.29 is 29.0 Å². The second-order valence-corrected chi connectivity index (χ2v) is 15.6. The van der Waals surface area contributed by atoms with Crippen molar-refractivity contribution in [3.63, 3.8) is 0 Å². The molecule has 0 aliphatic carbocycles. The summed E-state index contributed by atoms with van der Waals surface area (Å²) < 4.78 is 12.0. The molecule has 3 rings (SSSR count). The van der Waals surface area contributed by atoms with E-state index in [9.17, 15) is 19.5 Å². The molecule has 7 heteroatoms. The molecule has 0 saturated heterocycles. The van der Waals surface area contributed by atoms with Crippen LogP contribution in [0.25, 0.3) is 0 Å². The highest BCUT2D eigenvalue weighted by Gasteiger charge is 2.58. The largest absolute Gasteiger partial charge is 0.605 e.